The normalized spacial score (nSPS) is 10.9. The van der Waals surface area contributed by atoms with E-state index >= 15 is 0 Å². The Labute approximate surface area is 252 Å². The van der Waals surface area contributed by atoms with Crippen molar-refractivity contribution in [1.29, 1.82) is 0 Å². The Morgan fingerprint density at radius 3 is 2.15 bits per heavy atom. The number of nitrogens with zero attached hydrogens (tertiary/aromatic N) is 1. The van der Waals surface area contributed by atoms with E-state index in [4.69, 9.17) is 14.2 Å². The number of nitrogens with one attached hydrogen (secondary N) is 1. The number of hydrogen-bond acceptors (Lipinski definition) is 5. The third kappa shape index (κ3) is 8.42. The van der Waals surface area contributed by atoms with Crippen LogP contribution in [-0.4, -0.2) is 18.7 Å². The van der Waals surface area contributed by atoms with Crippen molar-refractivity contribution in [2.75, 3.05) is 6.61 Å². The minimum absolute atomic E-state index is 0.366. The first-order valence-corrected chi connectivity index (χ1v) is 14.4. The molecule has 0 bridgehead atoms. The Balaban J connectivity index is 1.37. The lowest BCUT2D eigenvalue weighted by Gasteiger charge is -2.13. The number of halogens is 3. The second kappa shape index (κ2) is 14.3. The average molecular weight is 717 g/mol. The van der Waals surface area contributed by atoms with E-state index in [-0.39, 0.29) is 5.91 Å². The molecule has 1 N–H and O–H groups in total. The summed E-state index contributed by atoms with van der Waals surface area (Å²) in [6.45, 7) is 3.15. The molecule has 0 aliphatic heterocycles. The van der Waals surface area contributed by atoms with Gasteiger partial charge in [-0.3, -0.25) is 4.79 Å². The monoisotopic (exact) mass is 714 g/mol. The molecule has 9 heteroatoms. The largest absolute Gasteiger partial charge is 0.490 e. The number of hydrazone groups is 1. The minimum atomic E-state index is -0.366. The summed E-state index contributed by atoms with van der Waals surface area (Å²) in [5, 5.41) is 4.12. The Hall–Kier alpha value is -3.14. The number of carbonyl (C=O) groups excluding carboxylic acids is 1. The fourth-order valence-electron chi connectivity index (χ4n) is 3.53. The van der Waals surface area contributed by atoms with E-state index in [0.29, 0.717) is 42.6 Å². The number of amides is 1. The molecule has 0 fully saturated rings. The van der Waals surface area contributed by atoms with Gasteiger partial charge in [-0.1, -0.05) is 58.4 Å². The van der Waals surface area contributed by atoms with Crippen LogP contribution in [0.2, 0.25) is 0 Å². The molecule has 4 aromatic rings. The number of benzene rings is 4. The zero-order chi connectivity index (χ0) is 27.6. The first kappa shape index (κ1) is 28.9. The molecule has 0 saturated carbocycles. The van der Waals surface area contributed by atoms with Gasteiger partial charge in [0.25, 0.3) is 5.91 Å². The highest BCUT2D eigenvalue weighted by Gasteiger charge is 2.12. The lowest BCUT2D eigenvalue weighted by Crippen LogP contribution is -2.17. The van der Waals surface area contributed by atoms with Crippen LogP contribution in [0.25, 0.3) is 0 Å². The number of ether oxygens (including phenoxy) is 3. The van der Waals surface area contributed by atoms with Gasteiger partial charge >= 0.3 is 0 Å². The Bertz CT molecular complexity index is 1420. The topological polar surface area (TPSA) is 69.2 Å². The van der Waals surface area contributed by atoms with Crippen molar-refractivity contribution in [1.82, 2.24) is 5.43 Å². The van der Waals surface area contributed by atoms with Gasteiger partial charge in [0.15, 0.2) is 11.5 Å². The van der Waals surface area contributed by atoms with Gasteiger partial charge in [0.05, 0.1) is 21.8 Å². The standard InChI is InChI=1S/C30H25Br3N2O4/c1-2-37-28-16-23(10-13-27(28)38-18-20-6-4-3-5-7-20)30(36)35-34-17-22-14-25(32)29(26(33)15-22)39-19-21-8-11-24(31)12-9-21/h3-17H,2,18-19H2,1H3,(H,35,36)/b34-17+. The van der Waals surface area contributed by atoms with Gasteiger partial charge in [0.1, 0.15) is 19.0 Å². The fourth-order valence-corrected chi connectivity index (χ4v) is 5.25. The van der Waals surface area contributed by atoms with Crippen LogP contribution in [-0.2, 0) is 13.2 Å². The summed E-state index contributed by atoms with van der Waals surface area (Å²) >= 11 is 10.6. The summed E-state index contributed by atoms with van der Waals surface area (Å²) in [5.41, 5.74) is 5.83. The predicted octanol–water partition coefficient (Wildman–Crippen LogP) is 8.29. The molecule has 0 heterocycles. The zero-order valence-corrected chi connectivity index (χ0v) is 25.8. The van der Waals surface area contributed by atoms with Crippen molar-refractivity contribution in [2.45, 2.75) is 20.1 Å². The van der Waals surface area contributed by atoms with Crippen LogP contribution in [0.5, 0.6) is 17.2 Å². The summed E-state index contributed by atoms with van der Waals surface area (Å²) in [6, 6.07) is 26.6. The molecule has 0 unspecified atom stereocenters. The lowest BCUT2D eigenvalue weighted by atomic mass is 10.2. The zero-order valence-electron chi connectivity index (χ0n) is 21.0. The second-order valence-electron chi connectivity index (χ2n) is 8.30. The van der Waals surface area contributed by atoms with E-state index in [9.17, 15) is 4.79 Å². The van der Waals surface area contributed by atoms with Gasteiger partial charge in [-0.25, -0.2) is 5.43 Å². The van der Waals surface area contributed by atoms with Gasteiger partial charge in [0, 0.05) is 10.0 Å². The average Bonchev–Trinajstić information content (AvgIpc) is 2.93. The molecule has 0 saturated heterocycles. The Kier molecular flexibility index (Phi) is 10.6. The quantitative estimate of drug-likeness (QED) is 0.125. The van der Waals surface area contributed by atoms with Crippen molar-refractivity contribution in [2.24, 2.45) is 5.10 Å². The highest BCUT2D eigenvalue weighted by atomic mass is 79.9. The van der Waals surface area contributed by atoms with E-state index < -0.39 is 0 Å². The molecule has 39 heavy (non-hydrogen) atoms. The molecule has 0 spiro atoms. The van der Waals surface area contributed by atoms with Crippen molar-refractivity contribution in [3.63, 3.8) is 0 Å². The van der Waals surface area contributed by atoms with Gasteiger partial charge in [-0.15, -0.1) is 0 Å². The van der Waals surface area contributed by atoms with Gasteiger partial charge < -0.3 is 14.2 Å². The lowest BCUT2D eigenvalue weighted by molar-refractivity contribution is 0.0954. The fraction of sp³-hybridized carbons (Fsp3) is 0.133. The highest BCUT2D eigenvalue weighted by Crippen LogP contribution is 2.35. The summed E-state index contributed by atoms with van der Waals surface area (Å²) < 4.78 is 20.2. The SMILES string of the molecule is CCOc1cc(C(=O)N/N=C/c2cc(Br)c(OCc3ccc(Br)cc3)c(Br)c2)ccc1OCc1ccccc1. The summed E-state index contributed by atoms with van der Waals surface area (Å²) in [7, 11) is 0. The van der Waals surface area contributed by atoms with Crippen LogP contribution in [0.1, 0.15) is 34.0 Å². The molecule has 6 nitrogen and oxygen atoms in total. The van der Waals surface area contributed by atoms with Gasteiger partial charge in [-0.2, -0.15) is 5.10 Å². The molecule has 4 aromatic carbocycles. The Morgan fingerprint density at radius 2 is 1.46 bits per heavy atom. The van der Waals surface area contributed by atoms with Crippen molar-refractivity contribution < 1.29 is 19.0 Å². The van der Waals surface area contributed by atoms with Crippen molar-refractivity contribution in [3.05, 3.63) is 121 Å². The third-order valence-electron chi connectivity index (χ3n) is 5.44. The molecule has 0 aliphatic carbocycles. The number of carbonyl (C=O) groups is 1. The van der Waals surface area contributed by atoms with E-state index in [0.717, 1.165) is 30.1 Å². The third-order valence-corrected chi connectivity index (χ3v) is 7.15. The van der Waals surface area contributed by atoms with E-state index in [1.54, 1.807) is 24.4 Å². The van der Waals surface area contributed by atoms with E-state index in [1.807, 2.05) is 73.7 Å². The molecule has 0 aromatic heterocycles. The molecule has 0 atom stereocenters. The number of rotatable bonds is 11. The first-order valence-electron chi connectivity index (χ1n) is 12.1. The predicted molar refractivity (Wildman–Crippen MR) is 164 cm³/mol. The van der Waals surface area contributed by atoms with Crippen LogP contribution in [0, 0.1) is 0 Å². The Morgan fingerprint density at radius 1 is 0.795 bits per heavy atom. The van der Waals surface area contributed by atoms with Crippen LogP contribution in [0.15, 0.2) is 103 Å². The molecule has 1 amide bonds. The number of hydrogen-bond donors (Lipinski definition) is 1. The maximum atomic E-state index is 12.7. The van der Waals surface area contributed by atoms with Crippen molar-refractivity contribution >= 4 is 59.9 Å². The van der Waals surface area contributed by atoms with Crippen LogP contribution >= 0.6 is 47.8 Å². The second-order valence-corrected chi connectivity index (χ2v) is 10.9. The van der Waals surface area contributed by atoms with Crippen molar-refractivity contribution in [3.8, 4) is 17.2 Å². The molecule has 4 rings (SSSR count). The smallest absolute Gasteiger partial charge is 0.271 e. The first-order chi connectivity index (χ1) is 18.9. The maximum Gasteiger partial charge on any atom is 0.271 e. The van der Waals surface area contributed by atoms with Gasteiger partial charge in [-0.05, 0) is 97.9 Å². The summed E-state index contributed by atoms with van der Waals surface area (Å²) in [6.07, 6.45) is 1.56. The maximum absolute atomic E-state index is 12.7. The summed E-state index contributed by atoms with van der Waals surface area (Å²) in [4.78, 5) is 12.7. The molecular formula is C30H25Br3N2O4. The van der Waals surface area contributed by atoms with Crippen LogP contribution < -0.4 is 19.6 Å². The summed E-state index contributed by atoms with van der Waals surface area (Å²) in [5.74, 6) is 1.38. The van der Waals surface area contributed by atoms with Crippen LogP contribution in [0.4, 0.5) is 0 Å². The molecule has 0 radical (unpaired) electrons. The molecule has 200 valence electrons. The van der Waals surface area contributed by atoms with E-state index in [2.05, 4.69) is 58.3 Å². The van der Waals surface area contributed by atoms with E-state index in [1.165, 1.54) is 0 Å². The van der Waals surface area contributed by atoms with Crippen LogP contribution in [0.3, 0.4) is 0 Å². The molecular weight excluding hydrogens is 692 g/mol. The molecule has 0 aliphatic rings. The van der Waals surface area contributed by atoms with Gasteiger partial charge in [0.2, 0.25) is 0 Å². The minimum Gasteiger partial charge on any atom is -0.490 e. The highest BCUT2D eigenvalue weighted by molar-refractivity contribution is 9.11.